The van der Waals surface area contributed by atoms with E-state index in [1.807, 2.05) is 17.0 Å². The highest BCUT2D eigenvalue weighted by atomic mass is 19.1. The largest absolute Gasteiger partial charge is 0.341 e. The Morgan fingerprint density at radius 1 is 1.16 bits per heavy atom. The molecule has 6 heteroatoms. The second kappa shape index (κ2) is 7.02. The molecule has 136 valence electrons. The molecule has 4 rings (SSSR count). The number of nitrogens with zero attached hydrogens (tertiary/aromatic N) is 2. The van der Waals surface area contributed by atoms with E-state index in [1.165, 1.54) is 18.4 Å². The lowest BCUT2D eigenvalue weighted by Crippen LogP contribution is -2.55. The Hall–Kier alpha value is -1.50. The molecule has 5 nitrogen and oxygen atoms in total. The Kier molecular flexibility index (Phi) is 4.75. The van der Waals surface area contributed by atoms with Crippen LogP contribution in [0, 0.1) is 5.82 Å². The Morgan fingerprint density at radius 3 is 2.60 bits per heavy atom. The molecule has 1 amide bonds. The van der Waals surface area contributed by atoms with Crippen LogP contribution in [0.4, 0.5) is 4.39 Å². The molecule has 25 heavy (non-hydrogen) atoms. The van der Waals surface area contributed by atoms with Crippen LogP contribution in [0.2, 0.25) is 0 Å². The van der Waals surface area contributed by atoms with Crippen molar-refractivity contribution in [1.29, 1.82) is 0 Å². The standard InChI is InChI=1S/C19H27FN4O/c20-16-4-2-15(3-5-16)14-24-11-1-7-19(24)8-12-23(13-9-19)18(25)17-6-10-21-22-17/h2-5,17,21-22H,1,6-14H2. The molecular formula is C19H27FN4O. The van der Waals surface area contributed by atoms with Gasteiger partial charge in [0, 0.05) is 31.7 Å². The van der Waals surface area contributed by atoms with Gasteiger partial charge in [0.1, 0.15) is 11.9 Å². The average Bonchev–Trinajstić information content (AvgIpc) is 3.28. The molecule has 1 aromatic rings. The molecule has 1 spiro atoms. The molecule has 0 aromatic heterocycles. The van der Waals surface area contributed by atoms with E-state index in [0.717, 1.165) is 52.0 Å². The smallest absolute Gasteiger partial charge is 0.241 e. The SMILES string of the molecule is O=C(C1CCNN1)N1CCC2(CCCN2Cc2ccc(F)cc2)CC1. The monoisotopic (exact) mass is 346 g/mol. The van der Waals surface area contributed by atoms with Crippen LogP contribution < -0.4 is 10.9 Å². The van der Waals surface area contributed by atoms with E-state index >= 15 is 0 Å². The predicted molar refractivity (Wildman–Crippen MR) is 94.1 cm³/mol. The molecule has 0 saturated carbocycles. The topological polar surface area (TPSA) is 47.6 Å². The van der Waals surface area contributed by atoms with Crippen molar-refractivity contribution in [2.75, 3.05) is 26.2 Å². The number of carbonyl (C=O) groups excluding carboxylic acids is 1. The molecular weight excluding hydrogens is 319 g/mol. The van der Waals surface area contributed by atoms with Crippen molar-refractivity contribution < 1.29 is 9.18 Å². The highest BCUT2D eigenvalue weighted by molar-refractivity contribution is 5.82. The lowest BCUT2D eigenvalue weighted by atomic mass is 9.84. The quantitative estimate of drug-likeness (QED) is 0.874. The van der Waals surface area contributed by atoms with Crippen molar-refractivity contribution in [3.8, 4) is 0 Å². The maximum Gasteiger partial charge on any atom is 0.241 e. The maximum absolute atomic E-state index is 13.1. The zero-order valence-electron chi connectivity index (χ0n) is 14.6. The molecule has 0 radical (unpaired) electrons. The number of halogens is 1. The van der Waals surface area contributed by atoms with Crippen LogP contribution in [-0.4, -0.2) is 53.5 Å². The van der Waals surface area contributed by atoms with Gasteiger partial charge in [-0.2, -0.15) is 0 Å². The van der Waals surface area contributed by atoms with Crippen molar-refractivity contribution >= 4 is 5.91 Å². The third kappa shape index (κ3) is 3.43. The zero-order valence-corrected chi connectivity index (χ0v) is 14.6. The van der Waals surface area contributed by atoms with E-state index in [0.29, 0.717) is 0 Å². The van der Waals surface area contributed by atoms with Crippen LogP contribution in [0.3, 0.4) is 0 Å². The van der Waals surface area contributed by atoms with Crippen LogP contribution in [0.1, 0.15) is 37.7 Å². The van der Waals surface area contributed by atoms with Crippen molar-refractivity contribution in [1.82, 2.24) is 20.7 Å². The van der Waals surface area contributed by atoms with E-state index in [9.17, 15) is 9.18 Å². The van der Waals surface area contributed by atoms with Gasteiger partial charge in [0.15, 0.2) is 0 Å². The minimum atomic E-state index is -0.179. The summed E-state index contributed by atoms with van der Waals surface area (Å²) in [7, 11) is 0. The number of benzene rings is 1. The number of amides is 1. The number of hydrazine groups is 1. The molecule has 0 aliphatic carbocycles. The Labute approximate surface area is 148 Å². The van der Waals surface area contributed by atoms with Gasteiger partial charge >= 0.3 is 0 Å². The minimum Gasteiger partial charge on any atom is -0.341 e. The predicted octanol–water partition coefficient (Wildman–Crippen LogP) is 1.65. The maximum atomic E-state index is 13.1. The van der Waals surface area contributed by atoms with E-state index in [2.05, 4.69) is 15.8 Å². The fourth-order valence-electron chi connectivity index (χ4n) is 4.65. The first-order chi connectivity index (χ1) is 12.2. The van der Waals surface area contributed by atoms with Gasteiger partial charge in [-0.3, -0.25) is 15.1 Å². The molecule has 1 aromatic carbocycles. The zero-order chi connectivity index (χ0) is 17.3. The van der Waals surface area contributed by atoms with Gasteiger partial charge in [-0.1, -0.05) is 12.1 Å². The summed E-state index contributed by atoms with van der Waals surface area (Å²) in [4.78, 5) is 17.2. The first-order valence-corrected chi connectivity index (χ1v) is 9.43. The van der Waals surface area contributed by atoms with E-state index in [-0.39, 0.29) is 23.3 Å². The second-order valence-corrected chi connectivity index (χ2v) is 7.61. The first kappa shape index (κ1) is 16.9. The van der Waals surface area contributed by atoms with E-state index < -0.39 is 0 Å². The van der Waals surface area contributed by atoms with Gasteiger partial charge in [-0.25, -0.2) is 9.82 Å². The number of rotatable bonds is 3. The van der Waals surface area contributed by atoms with Gasteiger partial charge in [-0.15, -0.1) is 0 Å². The van der Waals surface area contributed by atoms with Crippen LogP contribution in [0.25, 0.3) is 0 Å². The summed E-state index contributed by atoms with van der Waals surface area (Å²) in [5.74, 6) is 0.0599. The minimum absolute atomic E-state index is 0.0621. The molecule has 3 saturated heterocycles. The average molecular weight is 346 g/mol. The lowest BCUT2D eigenvalue weighted by molar-refractivity contribution is -0.135. The highest BCUT2D eigenvalue weighted by Gasteiger charge is 2.44. The summed E-state index contributed by atoms with van der Waals surface area (Å²) < 4.78 is 13.1. The second-order valence-electron chi connectivity index (χ2n) is 7.61. The third-order valence-electron chi connectivity index (χ3n) is 6.17. The Morgan fingerprint density at radius 2 is 1.92 bits per heavy atom. The summed E-state index contributed by atoms with van der Waals surface area (Å²) in [5, 5.41) is 0. The number of hydrogen-bond donors (Lipinski definition) is 2. The van der Waals surface area contributed by atoms with Crippen molar-refractivity contribution in [2.45, 2.75) is 50.2 Å². The Bertz CT molecular complexity index is 606. The van der Waals surface area contributed by atoms with Crippen LogP contribution in [0.15, 0.2) is 24.3 Å². The summed E-state index contributed by atoms with van der Waals surface area (Å²) >= 11 is 0. The highest BCUT2D eigenvalue weighted by Crippen LogP contribution is 2.39. The fraction of sp³-hybridized carbons (Fsp3) is 0.632. The van der Waals surface area contributed by atoms with E-state index in [4.69, 9.17) is 0 Å². The number of nitrogens with one attached hydrogen (secondary N) is 2. The van der Waals surface area contributed by atoms with Crippen molar-refractivity contribution in [3.63, 3.8) is 0 Å². The molecule has 2 N–H and O–H groups in total. The number of hydrogen-bond acceptors (Lipinski definition) is 4. The summed E-state index contributed by atoms with van der Waals surface area (Å²) in [6, 6.07) is 6.80. The molecule has 3 heterocycles. The first-order valence-electron chi connectivity index (χ1n) is 9.43. The number of piperidine rings is 1. The summed E-state index contributed by atoms with van der Waals surface area (Å²) in [6.07, 6.45) is 5.38. The van der Waals surface area contributed by atoms with Crippen molar-refractivity contribution in [2.24, 2.45) is 0 Å². The van der Waals surface area contributed by atoms with Gasteiger partial charge in [0.25, 0.3) is 0 Å². The number of likely N-dealkylation sites (tertiary alicyclic amines) is 2. The van der Waals surface area contributed by atoms with Gasteiger partial charge in [0.2, 0.25) is 5.91 Å². The lowest BCUT2D eigenvalue weighted by Gasteiger charge is -2.45. The van der Waals surface area contributed by atoms with Gasteiger partial charge in [-0.05, 0) is 56.3 Å². The molecule has 3 aliphatic rings. The van der Waals surface area contributed by atoms with Crippen molar-refractivity contribution in [3.05, 3.63) is 35.6 Å². The summed E-state index contributed by atoms with van der Waals surface area (Å²) in [5.41, 5.74) is 7.51. The molecule has 1 atom stereocenters. The number of carbonyl (C=O) groups is 1. The van der Waals surface area contributed by atoms with Crippen LogP contribution >= 0.6 is 0 Å². The third-order valence-corrected chi connectivity index (χ3v) is 6.17. The van der Waals surface area contributed by atoms with Crippen LogP contribution in [-0.2, 0) is 11.3 Å². The fourth-order valence-corrected chi connectivity index (χ4v) is 4.65. The normalized spacial score (nSPS) is 26.4. The molecule has 1 unspecified atom stereocenters. The summed E-state index contributed by atoms with van der Waals surface area (Å²) in [6.45, 7) is 4.52. The Balaban J connectivity index is 1.38. The van der Waals surface area contributed by atoms with E-state index in [1.54, 1.807) is 12.1 Å². The molecule has 0 bridgehead atoms. The van der Waals surface area contributed by atoms with Crippen LogP contribution in [0.5, 0.6) is 0 Å². The molecule has 3 aliphatic heterocycles. The molecule has 3 fully saturated rings. The van der Waals surface area contributed by atoms with Gasteiger partial charge in [0.05, 0.1) is 0 Å². The van der Waals surface area contributed by atoms with Gasteiger partial charge < -0.3 is 4.90 Å².